The van der Waals surface area contributed by atoms with Crippen LogP contribution in [0.2, 0.25) is 0 Å². The number of hydrogen-bond donors (Lipinski definition) is 2. The zero-order valence-corrected chi connectivity index (χ0v) is 21.3. The van der Waals surface area contributed by atoms with Gasteiger partial charge in [-0.1, -0.05) is 25.1 Å². The molecular formula is C27H24FN3O3S2. The molecule has 0 bridgehead atoms. The highest BCUT2D eigenvalue weighted by Crippen LogP contribution is 2.33. The Morgan fingerprint density at radius 1 is 1.06 bits per heavy atom. The predicted molar refractivity (Wildman–Crippen MR) is 143 cm³/mol. The minimum atomic E-state index is -0.400. The average molecular weight is 522 g/mol. The number of thiazole rings is 1. The molecule has 1 unspecified atom stereocenters. The maximum atomic E-state index is 13.1. The van der Waals surface area contributed by atoms with Gasteiger partial charge in [0.2, 0.25) is 5.91 Å². The molecule has 9 heteroatoms. The van der Waals surface area contributed by atoms with Crippen LogP contribution < -0.4 is 15.4 Å². The maximum Gasteiger partial charge on any atom is 0.255 e. The first-order valence-corrected chi connectivity index (χ1v) is 13.0. The minimum absolute atomic E-state index is 0.149. The van der Waals surface area contributed by atoms with Crippen LogP contribution in [0.25, 0.3) is 11.3 Å². The molecule has 36 heavy (non-hydrogen) atoms. The van der Waals surface area contributed by atoms with E-state index in [-0.39, 0.29) is 17.1 Å². The van der Waals surface area contributed by atoms with Gasteiger partial charge >= 0.3 is 0 Å². The van der Waals surface area contributed by atoms with Crippen LogP contribution in [0.1, 0.15) is 23.7 Å². The summed E-state index contributed by atoms with van der Waals surface area (Å²) in [4.78, 5) is 30.9. The summed E-state index contributed by atoms with van der Waals surface area (Å²) in [7, 11) is 1.61. The third-order valence-corrected chi connectivity index (χ3v) is 7.37. The number of ether oxygens (including phenoxy) is 1. The monoisotopic (exact) mass is 521 g/mol. The zero-order valence-electron chi connectivity index (χ0n) is 19.7. The van der Waals surface area contributed by atoms with Gasteiger partial charge < -0.3 is 15.4 Å². The van der Waals surface area contributed by atoms with Crippen molar-refractivity contribution in [1.29, 1.82) is 0 Å². The lowest BCUT2D eigenvalue weighted by molar-refractivity contribution is -0.115. The Hall–Kier alpha value is -3.69. The van der Waals surface area contributed by atoms with Crippen molar-refractivity contribution in [3.63, 3.8) is 0 Å². The summed E-state index contributed by atoms with van der Waals surface area (Å²) >= 11 is 2.76. The van der Waals surface area contributed by atoms with Gasteiger partial charge in [-0.3, -0.25) is 9.59 Å². The van der Waals surface area contributed by atoms with E-state index in [9.17, 15) is 14.0 Å². The molecule has 0 aliphatic carbocycles. The van der Waals surface area contributed by atoms with E-state index in [2.05, 4.69) is 15.6 Å². The van der Waals surface area contributed by atoms with Crippen molar-refractivity contribution in [2.45, 2.75) is 23.5 Å². The Morgan fingerprint density at radius 3 is 2.58 bits per heavy atom. The summed E-state index contributed by atoms with van der Waals surface area (Å²) in [5, 5.41) is 7.78. The molecule has 0 fully saturated rings. The topological polar surface area (TPSA) is 80.3 Å². The molecule has 0 aliphatic rings. The van der Waals surface area contributed by atoms with Gasteiger partial charge in [0.05, 0.1) is 18.1 Å². The Morgan fingerprint density at radius 2 is 1.83 bits per heavy atom. The molecule has 6 nitrogen and oxygen atoms in total. The van der Waals surface area contributed by atoms with E-state index in [0.717, 1.165) is 16.2 Å². The third kappa shape index (κ3) is 6.30. The third-order valence-electron chi connectivity index (χ3n) is 5.26. The van der Waals surface area contributed by atoms with Crippen molar-refractivity contribution in [3.8, 4) is 17.0 Å². The lowest BCUT2D eigenvalue weighted by Crippen LogP contribution is -2.24. The molecule has 4 aromatic rings. The number of thioether (sulfide) groups is 1. The van der Waals surface area contributed by atoms with Crippen molar-refractivity contribution in [2.24, 2.45) is 0 Å². The largest absolute Gasteiger partial charge is 0.496 e. The van der Waals surface area contributed by atoms with Gasteiger partial charge in [0.15, 0.2) is 5.13 Å². The lowest BCUT2D eigenvalue weighted by Gasteiger charge is -2.14. The van der Waals surface area contributed by atoms with Crippen LogP contribution in [0, 0.1) is 5.82 Å². The Bertz CT molecular complexity index is 1360. The number of carbonyl (C=O) groups is 2. The SMILES string of the molecule is CCC(Sc1cccc(NC(=O)c2ccc(F)cc2)c1)C(=O)Nc1nc(-c2ccccc2OC)cs1. The first-order valence-electron chi connectivity index (χ1n) is 11.2. The standard InChI is InChI=1S/C27H24FN3O3S2/c1-3-24(26(33)31-27-30-22(16-35-27)21-9-4-5-10-23(21)34-2)36-20-8-6-7-19(15-20)29-25(32)17-11-13-18(28)14-12-17/h4-16,24H,3H2,1-2H3,(H,29,32)(H,30,31,33). The van der Waals surface area contributed by atoms with Crippen molar-refractivity contribution < 1.29 is 18.7 Å². The number of para-hydroxylation sites is 1. The number of benzene rings is 3. The second kappa shape index (κ2) is 11.8. The number of nitrogens with one attached hydrogen (secondary N) is 2. The van der Waals surface area contributed by atoms with E-state index in [1.165, 1.54) is 47.4 Å². The highest BCUT2D eigenvalue weighted by Gasteiger charge is 2.20. The van der Waals surface area contributed by atoms with E-state index in [4.69, 9.17) is 4.74 Å². The predicted octanol–water partition coefficient (Wildman–Crippen LogP) is 6.72. The van der Waals surface area contributed by atoms with E-state index >= 15 is 0 Å². The van der Waals surface area contributed by atoms with Crippen LogP contribution in [0.3, 0.4) is 0 Å². The number of halogens is 1. The van der Waals surface area contributed by atoms with Crippen LogP contribution in [0.4, 0.5) is 15.2 Å². The highest BCUT2D eigenvalue weighted by molar-refractivity contribution is 8.00. The zero-order chi connectivity index (χ0) is 25.5. The summed E-state index contributed by atoms with van der Waals surface area (Å²) in [5.74, 6) is -0.169. The van der Waals surface area contributed by atoms with Crippen LogP contribution in [-0.4, -0.2) is 29.2 Å². The molecular weight excluding hydrogens is 497 g/mol. The fraction of sp³-hybridized carbons (Fsp3) is 0.148. The van der Waals surface area contributed by atoms with Gasteiger partial charge in [-0.25, -0.2) is 9.37 Å². The number of carbonyl (C=O) groups excluding carboxylic acids is 2. The molecule has 184 valence electrons. The Balaban J connectivity index is 1.40. The van der Waals surface area contributed by atoms with Gasteiger partial charge in [-0.05, 0) is 61.0 Å². The Labute approximate surface area is 216 Å². The van der Waals surface area contributed by atoms with Crippen molar-refractivity contribution in [1.82, 2.24) is 4.98 Å². The number of nitrogens with zero attached hydrogens (tertiary/aromatic N) is 1. The molecule has 4 rings (SSSR count). The van der Waals surface area contributed by atoms with Crippen molar-refractivity contribution in [3.05, 3.63) is 89.6 Å². The molecule has 1 heterocycles. The van der Waals surface area contributed by atoms with Crippen molar-refractivity contribution in [2.75, 3.05) is 17.7 Å². The Kier molecular flexibility index (Phi) is 8.35. The van der Waals surface area contributed by atoms with E-state index in [1.54, 1.807) is 13.2 Å². The van der Waals surface area contributed by atoms with Crippen molar-refractivity contribution >= 4 is 45.7 Å². The number of aromatic nitrogens is 1. The van der Waals surface area contributed by atoms with Gasteiger partial charge in [0.1, 0.15) is 11.6 Å². The normalized spacial score (nSPS) is 11.5. The molecule has 0 saturated heterocycles. The van der Waals surface area contributed by atoms with E-state index in [1.807, 2.05) is 54.8 Å². The van der Waals surface area contributed by atoms with Gasteiger partial charge in [-0.2, -0.15) is 0 Å². The summed E-state index contributed by atoms with van der Waals surface area (Å²) in [6, 6.07) is 20.2. The number of methoxy groups -OCH3 is 1. The first-order chi connectivity index (χ1) is 17.5. The van der Waals surface area contributed by atoms with Gasteiger partial charge in [0, 0.05) is 27.1 Å². The summed E-state index contributed by atoms with van der Waals surface area (Å²) in [6.07, 6.45) is 0.605. The molecule has 0 saturated carbocycles. The summed E-state index contributed by atoms with van der Waals surface area (Å²) in [6.45, 7) is 1.94. The van der Waals surface area contributed by atoms with Crippen LogP contribution in [0.5, 0.6) is 5.75 Å². The fourth-order valence-corrected chi connectivity index (χ4v) is 5.16. The second-order valence-corrected chi connectivity index (χ2v) is 9.87. The van der Waals surface area contributed by atoms with Crippen LogP contribution >= 0.6 is 23.1 Å². The van der Waals surface area contributed by atoms with Gasteiger partial charge in [-0.15, -0.1) is 23.1 Å². The molecule has 0 aliphatic heterocycles. The number of amides is 2. The quantitative estimate of drug-likeness (QED) is 0.239. The number of rotatable bonds is 9. The molecule has 1 aromatic heterocycles. The van der Waals surface area contributed by atoms with E-state index in [0.29, 0.717) is 28.6 Å². The summed E-state index contributed by atoms with van der Waals surface area (Å²) in [5.41, 5.74) is 2.54. The summed E-state index contributed by atoms with van der Waals surface area (Å²) < 4.78 is 18.5. The molecule has 1 atom stereocenters. The number of hydrogen-bond acceptors (Lipinski definition) is 6. The lowest BCUT2D eigenvalue weighted by atomic mass is 10.1. The molecule has 0 spiro atoms. The number of anilines is 2. The first kappa shape index (κ1) is 25.4. The molecule has 2 N–H and O–H groups in total. The molecule has 3 aromatic carbocycles. The van der Waals surface area contributed by atoms with E-state index < -0.39 is 5.82 Å². The van der Waals surface area contributed by atoms with Crippen LogP contribution in [-0.2, 0) is 4.79 Å². The maximum absolute atomic E-state index is 13.1. The fourth-order valence-electron chi connectivity index (χ4n) is 3.44. The van der Waals surface area contributed by atoms with Crippen LogP contribution in [0.15, 0.2) is 83.1 Å². The smallest absolute Gasteiger partial charge is 0.255 e. The second-order valence-electron chi connectivity index (χ2n) is 7.73. The van der Waals surface area contributed by atoms with Gasteiger partial charge in [0.25, 0.3) is 5.91 Å². The highest BCUT2D eigenvalue weighted by atomic mass is 32.2. The molecule has 0 radical (unpaired) electrons. The minimum Gasteiger partial charge on any atom is -0.496 e. The molecule has 2 amide bonds. The average Bonchev–Trinajstić information content (AvgIpc) is 3.36.